The van der Waals surface area contributed by atoms with Crippen LogP contribution in [-0.2, 0) is 6.54 Å². The molecule has 1 rings (SSSR count). The molecule has 1 atom stereocenters. The fraction of sp³-hybridized carbons (Fsp3) is 0.571. The van der Waals surface area contributed by atoms with Crippen molar-refractivity contribution in [3.05, 3.63) is 23.8 Å². The lowest BCUT2D eigenvalue weighted by Gasteiger charge is -2.18. The van der Waals surface area contributed by atoms with E-state index in [0.29, 0.717) is 13.0 Å². The van der Waals surface area contributed by atoms with Crippen LogP contribution in [0.15, 0.2) is 18.2 Å². The molecule has 1 unspecified atom stereocenters. The molecule has 1 N–H and O–H groups in total. The highest BCUT2D eigenvalue weighted by Crippen LogP contribution is 2.29. The maximum Gasteiger partial charge on any atom is 0.387 e. The fourth-order valence-electron chi connectivity index (χ4n) is 1.80. The van der Waals surface area contributed by atoms with Gasteiger partial charge in [-0.3, -0.25) is 0 Å². The van der Waals surface area contributed by atoms with E-state index in [0.717, 1.165) is 12.1 Å². The van der Waals surface area contributed by atoms with Gasteiger partial charge in [-0.05, 0) is 38.1 Å². The second-order valence-corrected chi connectivity index (χ2v) is 4.74. The highest BCUT2D eigenvalue weighted by Gasteiger charge is 2.12. The van der Waals surface area contributed by atoms with Crippen LogP contribution in [0.5, 0.6) is 11.5 Å². The van der Waals surface area contributed by atoms with Crippen molar-refractivity contribution in [3.63, 3.8) is 0 Å². The van der Waals surface area contributed by atoms with Crippen LogP contribution in [0.3, 0.4) is 0 Å². The van der Waals surface area contributed by atoms with E-state index in [1.54, 1.807) is 19.1 Å². The number of halogens is 2. The number of aliphatic hydroxyl groups excluding tert-OH is 1. The minimum Gasteiger partial charge on any atom is -0.493 e. The van der Waals surface area contributed by atoms with Gasteiger partial charge in [0.25, 0.3) is 0 Å². The zero-order valence-electron chi connectivity index (χ0n) is 12.0. The van der Waals surface area contributed by atoms with Crippen LogP contribution >= 0.6 is 0 Å². The van der Waals surface area contributed by atoms with E-state index in [2.05, 4.69) is 4.74 Å². The van der Waals surface area contributed by atoms with Crippen molar-refractivity contribution < 1.29 is 23.4 Å². The first-order valence-electron chi connectivity index (χ1n) is 6.40. The lowest BCUT2D eigenvalue weighted by Crippen LogP contribution is -2.22. The lowest BCUT2D eigenvalue weighted by molar-refractivity contribution is -0.0512. The van der Waals surface area contributed by atoms with Crippen molar-refractivity contribution in [2.75, 3.05) is 20.7 Å². The van der Waals surface area contributed by atoms with Crippen molar-refractivity contribution in [1.82, 2.24) is 4.90 Å². The summed E-state index contributed by atoms with van der Waals surface area (Å²) in [7, 11) is 3.34. The van der Waals surface area contributed by atoms with E-state index in [4.69, 9.17) is 4.74 Å². The zero-order chi connectivity index (χ0) is 15.1. The summed E-state index contributed by atoms with van der Waals surface area (Å²) >= 11 is 0. The highest BCUT2D eigenvalue weighted by molar-refractivity contribution is 5.42. The second kappa shape index (κ2) is 8.01. The molecule has 0 aliphatic carbocycles. The Morgan fingerprint density at radius 3 is 2.55 bits per heavy atom. The molecule has 4 nitrogen and oxygen atoms in total. The van der Waals surface area contributed by atoms with Crippen LogP contribution in [0.4, 0.5) is 8.78 Å². The van der Waals surface area contributed by atoms with Gasteiger partial charge in [-0.1, -0.05) is 6.07 Å². The average Bonchev–Trinajstić information content (AvgIpc) is 2.37. The monoisotopic (exact) mass is 289 g/mol. The first kappa shape index (κ1) is 16.7. The van der Waals surface area contributed by atoms with E-state index >= 15 is 0 Å². The highest BCUT2D eigenvalue weighted by atomic mass is 19.3. The van der Waals surface area contributed by atoms with E-state index in [9.17, 15) is 13.9 Å². The largest absolute Gasteiger partial charge is 0.493 e. The second-order valence-electron chi connectivity index (χ2n) is 4.74. The van der Waals surface area contributed by atoms with E-state index in [1.165, 1.54) is 13.2 Å². The SMILES string of the molecule is COc1cc(CN(C)CCC(C)O)ccc1OC(F)F. The number of aliphatic hydroxyl groups is 1. The van der Waals surface area contributed by atoms with Crippen LogP contribution in [0, 0.1) is 0 Å². The predicted molar refractivity (Wildman–Crippen MR) is 72.3 cm³/mol. The molecule has 0 aromatic heterocycles. The smallest absolute Gasteiger partial charge is 0.387 e. The fourth-order valence-corrected chi connectivity index (χ4v) is 1.80. The molecule has 0 heterocycles. The maximum absolute atomic E-state index is 12.2. The van der Waals surface area contributed by atoms with Gasteiger partial charge in [0.05, 0.1) is 13.2 Å². The summed E-state index contributed by atoms with van der Waals surface area (Å²) in [6, 6.07) is 4.87. The molecule has 0 amide bonds. The molecule has 20 heavy (non-hydrogen) atoms. The van der Waals surface area contributed by atoms with Crippen LogP contribution < -0.4 is 9.47 Å². The molecule has 0 fully saturated rings. The van der Waals surface area contributed by atoms with Gasteiger partial charge >= 0.3 is 6.61 Å². The summed E-state index contributed by atoms with van der Waals surface area (Å²) < 4.78 is 33.8. The summed E-state index contributed by atoms with van der Waals surface area (Å²) in [5.74, 6) is 0.310. The zero-order valence-corrected chi connectivity index (χ0v) is 12.0. The van der Waals surface area contributed by atoms with Gasteiger partial charge in [-0.25, -0.2) is 0 Å². The van der Waals surface area contributed by atoms with Crippen molar-refractivity contribution in [2.45, 2.75) is 32.6 Å². The Balaban J connectivity index is 2.67. The first-order valence-corrected chi connectivity index (χ1v) is 6.40. The number of hydrogen-bond donors (Lipinski definition) is 1. The summed E-state index contributed by atoms with van der Waals surface area (Å²) in [5.41, 5.74) is 0.927. The lowest BCUT2D eigenvalue weighted by atomic mass is 10.2. The average molecular weight is 289 g/mol. The van der Waals surface area contributed by atoms with Crippen LogP contribution in [0.1, 0.15) is 18.9 Å². The standard InChI is InChI=1S/C14H21F2NO3/c1-10(18)6-7-17(2)9-11-4-5-12(20-14(15)16)13(8-11)19-3/h4-5,8,10,14,18H,6-7,9H2,1-3H3. The quantitative estimate of drug-likeness (QED) is 0.798. The van der Waals surface area contributed by atoms with Gasteiger partial charge in [-0.2, -0.15) is 8.78 Å². The van der Waals surface area contributed by atoms with Crippen LogP contribution in [-0.4, -0.2) is 43.4 Å². The number of rotatable bonds is 8. The van der Waals surface area contributed by atoms with Gasteiger partial charge in [0, 0.05) is 13.1 Å². The molecular weight excluding hydrogens is 268 g/mol. The number of methoxy groups -OCH3 is 1. The predicted octanol–water partition coefficient (Wildman–Crippen LogP) is 2.50. The van der Waals surface area contributed by atoms with Gasteiger partial charge in [0.2, 0.25) is 0 Å². The third-order valence-electron chi connectivity index (χ3n) is 2.83. The summed E-state index contributed by atoms with van der Waals surface area (Å²) in [4.78, 5) is 2.04. The third kappa shape index (κ3) is 5.71. The Bertz CT molecular complexity index is 413. The van der Waals surface area contributed by atoms with Gasteiger partial charge in [0.15, 0.2) is 11.5 Å². The number of ether oxygens (including phenoxy) is 2. The Labute approximate surface area is 117 Å². The number of alkyl halides is 2. The number of benzene rings is 1. The molecule has 0 aliphatic rings. The molecule has 1 aromatic rings. The molecule has 0 radical (unpaired) electrons. The Morgan fingerprint density at radius 2 is 2.00 bits per heavy atom. The van der Waals surface area contributed by atoms with E-state index in [-0.39, 0.29) is 17.6 Å². The molecule has 6 heteroatoms. The molecule has 0 saturated carbocycles. The van der Waals surface area contributed by atoms with E-state index < -0.39 is 6.61 Å². The number of nitrogens with zero attached hydrogens (tertiary/aromatic N) is 1. The normalized spacial score (nSPS) is 12.8. The molecular formula is C14H21F2NO3. The third-order valence-corrected chi connectivity index (χ3v) is 2.83. The molecule has 1 aromatic carbocycles. The molecule has 0 bridgehead atoms. The van der Waals surface area contributed by atoms with Crippen LogP contribution in [0.2, 0.25) is 0 Å². The first-order chi connectivity index (χ1) is 9.42. The summed E-state index contributed by atoms with van der Waals surface area (Å²) in [6.07, 6.45) is 0.342. The van der Waals surface area contributed by atoms with Crippen molar-refractivity contribution >= 4 is 0 Å². The minimum absolute atomic E-state index is 0.0258. The van der Waals surface area contributed by atoms with Crippen molar-refractivity contribution in [3.8, 4) is 11.5 Å². The Kier molecular flexibility index (Phi) is 6.67. The maximum atomic E-state index is 12.2. The topological polar surface area (TPSA) is 41.9 Å². The van der Waals surface area contributed by atoms with Gasteiger partial charge in [0.1, 0.15) is 0 Å². The number of hydrogen-bond acceptors (Lipinski definition) is 4. The molecule has 114 valence electrons. The van der Waals surface area contributed by atoms with Crippen molar-refractivity contribution in [2.24, 2.45) is 0 Å². The summed E-state index contributed by atoms with van der Waals surface area (Å²) in [6.45, 7) is 0.254. The minimum atomic E-state index is -2.87. The van der Waals surface area contributed by atoms with Crippen LogP contribution in [0.25, 0.3) is 0 Å². The Morgan fingerprint density at radius 1 is 1.30 bits per heavy atom. The van der Waals surface area contributed by atoms with E-state index in [1.807, 2.05) is 11.9 Å². The summed E-state index contributed by atoms with van der Waals surface area (Å²) in [5, 5.41) is 9.24. The molecule has 0 aliphatic heterocycles. The Hall–Kier alpha value is -1.40. The van der Waals surface area contributed by atoms with Gasteiger partial charge in [-0.15, -0.1) is 0 Å². The van der Waals surface area contributed by atoms with Gasteiger partial charge < -0.3 is 19.5 Å². The van der Waals surface area contributed by atoms with Crippen molar-refractivity contribution in [1.29, 1.82) is 0 Å². The molecule has 0 spiro atoms. The molecule has 0 saturated heterocycles.